The van der Waals surface area contributed by atoms with Crippen molar-refractivity contribution in [2.75, 3.05) is 24.4 Å². The molecule has 2 N–H and O–H groups in total. The Morgan fingerprint density at radius 1 is 1.23 bits per heavy atom. The van der Waals surface area contributed by atoms with Gasteiger partial charge in [-0.25, -0.2) is 0 Å². The van der Waals surface area contributed by atoms with Gasteiger partial charge in [0, 0.05) is 46.3 Å². The Hall–Kier alpha value is -2.73. The summed E-state index contributed by atoms with van der Waals surface area (Å²) in [4.78, 5) is 25.0. The van der Waals surface area contributed by atoms with E-state index >= 15 is 0 Å². The standard InChI is InChI=1S/C24H28N2O3S/c1-24(2)15-17-8-9-19(29-3)13-20(17)21(26-24)14-22(27)16-6-5-7-18(12-16)25-23(28)10-11-30-4/h5-9,12-14,26H,10-11,15H2,1-4H3,(H,25,28). The maximum Gasteiger partial charge on any atom is 0.225 e. The molecule has 1 aliphatic rings. The Morgan fingerprint density at radius 2 is 2.03 bits per heavy atom. The van der Waals surface area contributed by atoms with Crippen molar-refractivity contribution in [2.24, 2.45) is 0 Å². The number of ether oxygens (including phenoxy) is 1. The van der Waals surface area contributed by atoms with Gasteiger partial charge in [-0.3, -0.25) is 9.59 Å². The Morgan fingerprint density at radius 3 is 2.77 bits per heavy atom. The minimum absolute atomic E-state index is 0.0518. The molecule has 0 atom stereocenters. The van der Waals surface area contributed by atoms with Gasteiger partial charge in [-0.1, -0.05) is 18.2 Å². The largest absolute Gasteiger partial charge is 0.497 e. The first-order valence-electron chi connectivity index (χ1n) is 9.91. The van der Waals surface area contributed by atoms with Crippen LogP contribution in [-0.4, -0.2) is 36.3 Å². The average molecular weight is 425 g/mol. The van der Waals surface area contributed by atoms with Gasteiger partial charge in [-0.15, -0.1) is 0 Å². The normalized spacial score (nSPS) is 15.8. The number of allylic oxidation sites excluding steroid dienone is 1. The zero-order valence-electron chi connectivity index (χ0n) is 17.9. The number of anilines is 1. The molecule has 30 heavy (non-hydrogen) atoms. The first-order chi connectivity index (χ1) is 14.3. The highest BCUT2D eigenvalue weighted by atomic mass is 32.2. The number of carbonyl (C=O) groups excluding carboxylic acids is 2. The van der Waals surface area contributed by atoms with E-state index < -0.39 is 0 Å². The summed E-state index contributed by atoms with van der Waals surface area (Å²) in [5.74, 6) is 1.35. The van der Waals surface area contributed by atoms with Crippen LogP contribution in [0.2, 0.25) is 0 Å². The summed E-state index contributed by atoms with van der Waals surface area (Å²) in [5, 5.41) is 6.35. The Bertz CT molecular complexity index is 982. The van der Waals surface area contributed by atoms with Crippen LogP contribution in [0, 0.1) is 0 Å². The molecule has 0 aromatic heterocycles. The number of fused-ring (bicyclic) bond motifs is 1. The molecule has 1 amide bonds. The van der Waals surface area contributed by atoms with Gasteiger partial charge in [0.15, 0.2) is 5.78 Å². The molecule has 5 nitrogen and oxygen atoms in total. The summed E-state index contributed by atoms with van der Waals surface area (Å²) in [6.45, 7) is 4.23. The molecule has 1 aliphatic heterocycles. The van der Waals surface area contributed by atoms with E-state index in [2.05, 4.69) is 30.5 Å². The zero-order chi connectivity index (χ0) is 21.7. The lowest BCUT2D eigenvalue weighted by Crippen LogP contribution is -2.43. The number of nitrogens with one attached hydrogen (secondary N) is 2. The number of carbonyl (C=O) groups is 2. The van der Waals surface area contributed by atoms with Crippen LogP contribution in [-0.2, 0) is 11.2 Å². The van der Waals surface area contributed by atoms with Crippen molar-refractivity contribution in [1.82, 2.24) is 5.32 Å². The van der Waals surface area contributed by atoms with Crippen molar-refractivity contribution < 1.29 is 14.3 Å². The third kappa shape index (κ3) is 5.45. The summed E-state index contributed by atoms with van der Waals surface area (Å²) in [6.07, 6.45) is 4.90. The predicted octanol–water partition coefficient (Wildman–Crippen LogP) is 4.53. The molecule has 0 unspecified atom stereocenters. The van der Waals surface area contributed by atoms with E-state index in [4.69, 9.17) is 4.74 Å². The van der Waals surface area contributed by atoms with E-state index in [-0.39, 0.29) is 17.2 Å². The fraction of sp³-hybridized carbons (Fsp3) is 0.333. The number of rotatable bonds is 7. The molecule has 0 bridgehead atoms. The molecule has 2 aromatic rings. The van der Waals surface area contributed by atoms with Crippen LogP contribution in [0.15, 0.2) is 48.5 Å². The molecule has 0 saturated heterocycles. The third-order valence-corrected chi connectivity index (χ3v) is 5.56. The molecule has 0 spiro atoms. The van der Waals surface area contributed by atoms with Crippen molar-refractivity contribution in [2.45, 2.75) is 32.2 Å². The molecular weight excluding hydrogens is 396 g/mol. The first kappa shape index (κ1) is 22.0. The van der Waals surface area contributed by atoms with E-state index in [1.807, 2.05) is 18.4 Å². The zero-order valence-corrected chi connectivity index (χ0v) is 18.7. The van der Waals surface area contributed by atoms with Gasteiger partial charge >= 0.3 is 0 Å². The Labute approximate surface area is 182 Å². The average Bonchev–Trinajstić information content (AvgIpc) is 2.71. The van der Waals surface area contributed by atoms with Crippen LogP contribution in [0.1, 0.15) is 41.8 Å². The van der Waals surface area contributed by atoms with Gasteiger partial charge in [0.2, 0.25) is 5.91 Å². The number of ketones is 1. The SMILES string of the molecule is COc1ccc2c(c1)C(=CC(=O)c1cccc(NC(=O)CCSC)c1)NC(C)(C)C2. The lowest BCUT2D eigenvalue weighted by Gasteiger charge is -2.35. The molecule has 0 aliphatic carbocycles. The van der Waals surface area contributed by atoms with Crippen LogP contribution in [0.25, 0.3) is 5.70 Å². The second kappa shape index (κ2) is 9.39. The summed E-state index contributed by atoms with van der Waals surface area (Å²) < 4.78 is 5.37. The molecule has 3 rings (SSSR count). The van der Waals surface area contributed by atoms with Gasteiger partial charge in [-0.05, 0) is 56.4 Å². The van der Waals surface area contributed by atoms with Crippen LogP contribution >= 0.6 is 11.8 Å². The second-order valence-corrected chi connectivity index (χ2v) is 8.99. The fourth-order valence-corrected chi connectivity index (χ4v) is 3.93. The molecule has 2 aromatic carbocycles. The van der Waals surface area contributed by atoms with Crippen molar-refractivity contribution in [3.63, 3.8) is 0 Å². The number of hydrogen-bond donors (Lipinski definition) is 2. The van der Waals surface area contributed by atoms with Crippen molar-refractivity contribution >= 4 is 34.8 Å². The number of hydrogen-bond acceptors (Lipinski definition) is 5. The van der Waals surface area contributed by atoms with Crippen LogP contribution < -0.4 is 15.4 Å². The molecule has 0 saturated carbocycles. The maximum absolute atomic E-state index is 13.0. The monoisotopic (exact) mass is 424 g/mol. The summed E-state index contributed by atoms with van der Waals surface area (Å²) >= 11 is 1.63. The van der Waals surface area contributed by atoms with E-state index in [0.717, 1.165) is 29.2 Å². The number of thioether (sulfide) groups is 1. The molecule has 0 radical (unpaired) electrons. The summed E-state index contributed by atoms with van der Waals surface area (Å²) in [7, 11) is 1.63. The van der Waals surface area contributed by atoms with E-state index in [0.29, 0.717) is 17.7 Å². The minimum atomic E-state index is -0.166. The molecule has 0 fully saturated rings. The second-order valence-electron chi connectivity index (χ2n) is 8.00. The van der Waals surface area contributed by atoms with Gasteiger partial charge in [-0.2, -0.15) is 11.8 Å². The van der Waals surface area contributed by atoms with Gasteiger partial charge in [0.25, 0.3) is 0 Å². The van der Waals surface area contributed by atoms with Gasteiger partial charge < -0.3 is 15.4 Å². The highest BCUT2D eigenvalue weighted by Gasteiger charge is 2.28. The van der Waals surface area contributed by atoms with Gasteiger partial charge in [0.1, 0.15) is 5.75 Å². The van der Waals surface area contributed by atoms with E-state index in [9.17, 15) is 9.59 Å². The predicted molar refractivity (Wildman–Crippen MR) is 124 cm³/mol. The quantitative estimate of drug-likeness (QED) is 0.505. The first-order valence-corrected chi connectivity index (χ1v) is 11.3. The third-order valence-electron chi connectivity index (χ3n) is 4.95. The highest BCUT2D eigenvalue weighted by molar-refractivity contribution is 7.98. The maximum atomic E-state index is 13.0. The van der Waals surface area contributed by atoms with Crippen molar-refractivity contribution in [3.05, 3.63) is 65.2 Å². The lowest BCUT2D eigenvalue weighted by molar-refractivity contribution is -0.115. The Kier molecular flexibility index (Phi) is 6.87. The Balaban J connectivity index is 1.87. The fourth-order valence-electron chi connectivity index (χ4n) is 3.54. The number of amides is 1. The summed E-state index contributed by atoms with van der Waals surface area (Å²) in [6, 6.07) is 13.0. The van der Waals surface area contributed by atoms with Gasteiger partial charge in [0.05, 0.1) is 7.11 Å². The smallest absolute Gasteiger partial charge is 0.225 e. The summed E-state index contributed by atoms with van der Waals surface area (Å²) in [5.41, 5.74) is 3.92. The van der Waals surface area contributed by atoms with Crippen LogP contribution in [0.5, 0.6) is 5.75 Å². The van der Waals surface area contributed by atoms with E-state index in [1.54, 1.807) is 49.2 Å². The van der Waals surface area contributed by atoms with Crippen molar-refractivity contribution in [1.29, 1.82) is 0 Å². The van der Waals surface area contributed by atoms with E-state index in [1.165, 1.54) is 5.56 Å². The minimum Gasteiger partial charge on any atom is -0.497 e. The molecule has 1 heterocycles. The molecular formula is C24H28N2O3S. The topological polar surface area (TPSA) is 67.4 Å². The number of methoxy groups -OCH3 is 1. The lowest BCUT2D eigenvalue weighted by atomic mass is 9.85. The van der Waals surface area contributed by atoms with Crippen molar-refractivity contribution in [3.8, 4) is 5.75 Å². The molecule has 158 valence electrons. The van der Waals surface area contributed by atoms with Crippen LogP contribution in [0.3, 0.4) is 0 Å². The highest BCUT2D eigenvalue weighted by Crippen LogP contribution is 2.32. The number of benzene rings is 2. The van der Waals surface area contributed by atoms with Crippen LogP contribution in [0.4, 0.5) is 5.69 Å². The molecule has 6 heteroatoms.